The average Bonchev–Trinajstić information content (AvgIpc) is 2.15. The second kappa shape index (κ2) is 5.38. The summed E-state index contributed by atoms with van der Waals surface area (Å²) in [6, 6.07) is 6.64. The maximum absolute atomic E-state index is 6.20. The SMILES string of the molecule is CCCC(NC)c1ccc(C)cc1Cl. The molecule has 1 aromatic carbocycles. The van der Waals surface area contributed by atoms with Gasteiger partial charge in [-0.1, -0.05) is 37.1 Å². The quantitative estimate of drug-likeness (QED) is 0.801. The predicted octanol–water partition coefficient (Wildman–Crippen LogP) is 3.71. The van der Waals surface area contributed by atoms with Crippen molar-refractivity contribution in [3.63, 3.8) is 0 Å². The van der Waals surface area contributed by atoms with E-state index in [2.05, 4.69) is 31.3 Å². The lowest BCUT2D eigenvalue weighted by atomic mass is 10.0. The van der Waals surface area contributed by atoms with Gasteiger partial charge in [-0.05, 0) is 37.6 Å². The molecule has 0 aliphatic rings. The number of aryl methyl sites for hydroxylation is 1. The molecule has 1 atom stereocenters. The molecule has 0 fully saturated rings. The zero-order valence-electron chi connectivity index (χ0n) is 9.10. The molecule has 0 bridgehead atoms. The summed E-state index contributed by atoms with van der Waals surface area (Å²) in [6.07, 6.45) is 2.29. The molecule has 1 N–H and O–H groups in total. The van der Waals surface area contributed by atoms with Crippen molar-refractivity contribution in [3.8, 4) is 0 Å². The monoisotopic (exact) mass is 211 g/mol. The fraction of sp³-hybridized carbons (Fsp3) is 0.500. The highest BCUT2D eigenvalue weighted by molar-refractivity contribution is 6.31. The van der Waals surface area contributed by atoms with Crippen LogP contribution in [0.5, 0.6) is 0 Å². The standard InChI is InChI=1S/C12H18ClN/c1-4-5-12(14-3)10-7-6-9(2)8-11(10)13/h6-8,12,14H,4-5H2,1-3H3. The molecule has 1 nitrogen and oxygen atoms in total. The lowest BCUT2D eigenvalue weighted by Gasteiger charge is -2.17. The number of hydrogen-bond donors (Lipinski definition) is 1. The van der Waals surface area contributed by atoms with Crippen LogP contribution in [0.15, 0.2) is 18.2 Å². The molecular weight excluding hydrogens is 194 g/mol. The molecule has 2 heteroatoms. The van der Waals surface area contributed by atoms with Gasteiger partial charge in [-0.25, -0.2) is 0 Å². The Morgan fingerprint density at radius 2 is 2.14 bits per heavy atom. The van der Waals surface area contributed by atoms with E-state index < -0.39 is 0 Å². The third-order valence-electron chi connectivity index (χ3n) is 2.46. The van der Waals surface area contributed by atoms with Crippen molar-refractivity contribution in [2.75, 3.05) is 7.05 Å². The molecule has 0 aromatic heterocycles. The lowest BCUT2D eigenvalue weighted by Crippen LogP contribution is -2.16. The number of halogens is 1. The van der Waals surface area contributed by atoms with Gasteiger partial charge in [0.05, 0.1) is 0 Å². The maximum Gasteiger partial charge on any atom is 0.0456 e. The predicted molar refractivity (Wildman–Crippen MR) is 62.9 cm³/mol. The molecule has 1 unspecified atom stereocenters. The first kappa shape index (κ1) is 11.5. The van der Waals surface area contributed by atoms with E-state index in [1.54, 1.807) is 0 Å². The van der Waals surface area contributed by atoms with Crippen LogP contribution in [0.4, 0.5) is 0 Å². The van der Waals surface area contributed by atoms with Gasteiger partial charge in [0.25, 0.3) is 0 Å². The summed E-state index contributed by atoms with van der Waals surface area (Å²) in [6.45, 7) is 4.25. The normalized spacial score (nSPS) is 12.9. The third kappa shape index (κ3) is 2.73. The second-order valence-corrected chi connectivity index (χ2v) is 4.06. The van der Waals surface area contributed by atoms with Crippen LogP contribution in [-0.4, -0.2) is 7.05 Å². The Bertz CT molecular complexity index is 296. The van der Waals surface area contributed by atoms with Gasteiger partial charge in [-0.15, -0.1) is 0 Å². The zero-order valence-corrected chi connectivity index (χ0v) is 9.86. The van der Waals surface area contributed by atoms with Crippen LogP contribution >= 0.6 is 11.6 Å². The molecule has 0 radical (unpaired) electrons. The number of hydrogen-bond acceptors (Lipinski definition) is 1. The molecule has 0 aliphatic carbocycles. The van der Waals surface area contributed by atoms with Crippen molar-refractivity contribution in [1.29, 1.82) is 0 Å². The first-order valence-corrected chi connectivity index (χ1v) is 5.50. The van der Waals surface area contributed by atoms with Gasteiger partial charge < -0.3 is 5.32 Å². The molecule has 0 amide bonds. The van der Waals surface area contributed by atoms with E-state index in [-0.39, 0.29) is 0 Å². The topological polar surface area (TPSA) is 12.0 Å². The van der Waals surface area contributed by atoms with Crippen LogP contribution in [0.25, 0.3) is 0 Å². The van der Waals surface area contributed by atoms with Crippen LogP contribution in [0.3, 0.4) is 0 Å². The second-order valence-electron chi connectivity index (χ2n) is 3.65. The number of nitrogens with one attached hydrogen (secondary N) is 1. The van der Waals surface area contributed by atoms with E-state index in [0.29, 0.717) is 6.04 Å². The van der Waals surface area contributed by atoms with Crippen LogP contribution in [0.1, 0.15) is 36.9 Å². The fourth-order valence-electron chi connectivity index (χ4n) is 1.66. The minimum absolute atomic E-state index is 0.382. The molecule has 78 valence electrons. The Kier molecular flexibility index (Phi) is 4.43. The minimum Gasteiger partial charge on any atom is -0.313 e. The maximum atomic E-state index is 6.20. The van der Waals surface area contributed by atoms with Gasteiger partial charge in [0, 0.05) is 11.1 Å². The van der Waals surface area contributed by atoms with Crippen molar-refractivity contribution < 1.29 is 0 Å². The molecule has 1 aromatic rings. The van der Waals surface area contributed by atoms with Gasteiger partial charge in [-0.3, -0.25) is 0 Å². The van der Waals surface area contributed by atoms with Crippen LogP contribution in [-0.2, 0) is 0 Å². The van der Waals surface area contributed by atoms with Gasteiger partial charge in [-0.2, -0.15) is 0 Å². The molecule has 0 spiro atoms. The molecule has 14 heavy (non-hydrogen) atoms. The summed E-state index contributed by atoms with van der Waals surface area (Å²) in [7, 11) is 1.98. The Morgan fingerprint density at radius 3 is 2.64 bits per heavy atom. The van der Waals surface area contributed by atoms with Crippen LogP contribution in [0, 0.1) is 6.92 Å². The fourth-order valence-corrected chi connectivity index (χ4v) is 2.03. The Hall–Kier alpha value is -0.530. The van der Waals surface area contributed by atoms with E-state index in [0.717, 1.165) is 17.9 Å². The van der Waals surface area contributed by atoms with E-state index in [1.807, 2.05) is 13.1 Å². The van der Waals surface area contributed by atoms with Crippen molar-refractivity contribution >= 4 is 11.6 Å². The van der Waals surface area contributed by atoms with Crippen molar-refractivity contribution in [3.05, 3.63) is 34.3 Å². The largest absolute Gasteiger partial charge is 0.313 e. The number of benzene rings is 1. The highest BCUT2D eigenvalue weighted by atomic mass is 35.5. The third-order valence-corrected chi connectivity index (χ3v) is 2.78. The Balaban J connectivity index is 2.92. The first-order valence-electron chi connectivity index (χ1n) is 5.12. The molecule has 1 rings (SSSR count). The van der Waals surface area contributed by atoms with Gasteiger partial charge in [0.1, 0.15) is 0 Å². The minimum atomic E-state index is 0.382. The van der Waals surface area contributed by atoms with Crippen molar-refractivity contribution in [2.24, 2.45) is 0 Å². The molecule has 0 aliphatic heterocycles. The Labute approximate surface area is 91.5 Å². The highest BCUT2D eigenvalue weighted by Gasteiger charge is 2.11. The van der Waals surface area contributed by atoms with Gasteiger partial charge in [0.2, 0.25) is 0 Å². The van der Waals surface area contributed by atoms with Gasteiger partial charge >= 0.3 is 0 Å². The summed E-state index contributed by atoms with van der Waals surface area (Å²) in [5.41, 5.74) is 2.42. The van der Waals surface area contributed by atoms with Crippen molar-refractivity contribution in [2.45, 2.75) is 32.7 Å². The molecule has 0 saturated carbocycles. The summed E-state index contributed by atoms with van der Waals surface area (Å²) in [5, 5.41) is 4.17. The lowest BCUT2D eigenvalue weighted by molar-refractivity contribution is 0.542. The highest BCUT2D eigenvalue weighted by Crippen LogP contribution is 2.26. The van der Waals surface area contributed by atoms with E-state index >= 15 is 0 Å². The smallest absolute Gasteiger partial charge is 0.0456 e. The summed E-state index contributed by atoms with van der Waals surface area (Å²) >= 11 is 6.20. The molecule has 0 heterocycles. The van der Waals surface area contributed by atoms with E-state index in [9.17, 15) is 0 Å². The molecule has 0 saturated heterocycles. The first-order chi connectivity index (χ1) is 6.69. The Morgan fingerprint density at radius 1 is 1.43 bits per heavy atom. The number of rotatable bonds is 4. The van der Waals surface area contributed by atoms with Gasteiger partial charge in [0.15, 0.2) is 0 Å². The van der Waals surface area contributed by atoms with E-state index in [4.69, 9.17) is 11.6 Å². The van der Waals surface area contributed by atoms with Crippen molar-refractivity contribution in [1.82, 2.24) is 5.32 Å². The average molecular weight is 212 g/mol. The summed E-state index contributed by atoms with van der Waals surface area (Å²) < 4.78 is 0. The summed E-state index contributed by atoms with van der Waals surface area (Å²) in [5.74, 6) is 0. The van der Waals surface area contributed by atoms with E-state index in [1.165, 1.54) is 11.1 Å². The summed E-state index contributed by atoms with van der Waals surface area (Å²) in [4.78, 5) is 0. The van der Waals surface area contributed by atoms with Crippen LogP contribution < -0.4 is 5.32 Å². The zero-order chi connectivity index (χ0) is 10.6. The molecular formula is C12H18ClN. The van der Waals surface area contributed by atoms with Crippen LogP contribution in [0.2, 0.25) is 5.02 Å².